The van der Waals surface area contributed by atoms with Crippen LogP contribution in [0.2, 0.25) is 5.02 Å². The fourth-order valence-electron chi connectivity index (χ4n) is 1.12. The highest BCUT2D eigenvalue weighted by atomic mass is 35.5. The number of rotatable bonds is 5. The topological polar surface area (TPSA) is 89.9 Å². The van der Waals surface area contributed by atoms with Crippen molar-refractivity contribution in [2.45, 2.75) is 0 Å². The SMILES string of the molecule is O=CN(O)CCNC(=O)c1cc(O)ccc1Cl. The van der Waals surface area contributed by atoms with Crippen molar-refractivity contribution in [3.05, 3.63) is 28.8 Å². The number of nitrogens with zero attached hydrogens (tertiary/aromatic N) is 1. The molecule has 0 aliphatic rings. The fourth-order valence-corrected chi connectivity index (χ4v) is 1.32. The van der Waals surface area contributed by atoms with Crippen LogP contribution >= 0.6 is 11.6 Å². The van der Waals surface area contributed by atoms with Crippen LogP contribution in [0.5, 0.6) is 5.75 Å². The third-order valence-corrected chi connectivity index (χ3v) is 2.27. The van der Waals surface area contributed by atoms with E-state index in [9.17, 15) is 14.7 Å². The van der Waals surface area contributed by atoms with Gasteiger partial charge in [0.05, 0.1) is 17.1 Å². The summed E-state index contributed by atoms with van der Waals surface area (Å²) in [6, 6.07) is 3.99. The van der Waals surface area contributed by atoms with Gasteiger partial charge in [-0.1, -0.05) is 11.6 Å². The first-order chi connectivity index (χ1) is 8.04. The first kappa shape index (κ1) is 13.3. The molecule has 0 unspecified atom stereocenters. The monoisotopic (exact) mass is 258 g/mol. The van der Waals surface area contributed by atoms with E-state index in [0.717, 1.165) is 0 Å². The van der Waals surface area contributed by atoms with Gasteiger partial charge in [-0.05, 0) is 18.2 Å². The lowest BCUT2D eigenvalue weighted by atomic mass is 10.2. The highest BCUT2D eigenvalue weighted by Crippen LogP contribution is 2.20. The summed E-state index contributed by atoms with van der Waals surface area (Å²) >= 11 is 5.77. The average molecular weight is 259 g/mol. The van der Waals surface area contributed by atoms with E-state index in [1.807, 2.05) is 0 Å². The van der Waals surface area contributed by atoms with E-state index < -0.39 is 5.91 Å². The van der Waals surface area contributed by atoms with Crippen molar-refractivity contribution in [1.82, 2.24) is 10.4 Å². The van der Waals surface area contributed by atoms with Gasteiger partial charge in [0.2, 0.25) is 6.41 Å². The maximum Gasteiger partial charge on any atom is 0.252 e. The van der Waals surface area contributed by atoms with Crippen LogP contribution in [0.25, 0.3) is 0 Å². The maximum absolute atomic E-state index is 11.6. The lowest BCUT2D eigenvalue weighted by Gasteiger charge is -2.10. The molecule has 0 spiro atoms. The summed E-state index contributed by atoms with van der Waals surface area (Å²) in [5.41, 5.74) is 0.127. The summed E-state index contributed by atoms with van der Waals surface area (Å²) in [7, 11) is 0. The number of hydroxylamine groups is 2. The molecular weight excluding hydrogens is 248 g/mol. The summed E-state index contributed by atoms with van der Waals surface area (Å²) in [5.74, 6) is -0.568. The van der Waals surface area contributed by atoms with E-state index in [4.69, 9.17) is 16.8 Å². The molecule has 1 aromatic rings. The molecule has 1 aromatic carbocycles. The Morgan fingerprint density at radius 3 is 2.88 bits per heavy atom. The summed E-state index contributed by atoms with van der Waals surface area (Å²) < 4.78 is 0. The zero-order chi connectivity index (χ0) is 12.8. The first-order valence-electron chi connectivity index (χ1n) is 4.72. The molecule has 0 radical (unpaired) electrons. The molecule has 3 N–H and O–H groups in total. The molecule has 7 heteroatoms. The van der Waals surface area contributed by atoms with Crippen LogP contribution in [0.1, 0.15) is 10.4 Å². The Morgan fingerprint density at radius 1 is 1.53 bits per heavy atom. The number of phenols is 1. The second-order valence-electron chi connectivity index (χ2n) is 3.19. The van der Waals surface area contributed by atoms with Crippen LogP contribution in [0.4, 0.5) is 0 Å². The normalized spacial score (nSPS) is 9.76. The predicted molar refractivity (Wildman–Crippen MR) is 60.0 cm³/mol. The molecule has 0 aliphatic carbocycles. The molecule has 0 saturated carbocycles. The molecule has 92 valence electrons. The minimum atomic E-state index is -0.495. The molecule has 0 heterocycles. The lowest BCUT2D eigenvalue weighted by Crippen LogP contribution is -2.32. The number of phenolic OH excluding ortho intramolecular Hbond substituents is 1. The van der Waals surface area contributed by atoms with Gasteiger partial charge >= 0.3 is 0 Å². The minimum absolute atomic E-state index is 0.0360. The Hall–Kier alpha value is -1.79. The molecule has 0 aliphatic heterocycles. The number of aromatic hydroxyl groups is 1. The third kappa shape index (κ3) is 3.93. The number of carbonyl (C=O) groups excluding carboxylic acids is 2. The molecule has 0 atom stereocenters. The Kier molecular flexibility index (Phi) is 4.74. The molecule has 1 rings (SSSR count). The Labute approximate surface area is 102 Å². The van der Waals surface area contributed by atoms with Crippen molar-refractivity contribution in [1.29, 1.82) is 0 Å². The van der Waals surface area contributed by atoms with Gasteiger partial charge in [0.25, 0.3) is 5.91 Å². The Bertz CT molecular complexity index is 425. The standard InChI is InChI=1S/C10H11ClN2O4/c11-9-2-1-7(15)5-8(9)10(16)12-3-4-13(17)6-14/h1-2,5-6,15,17H,3-4H2,(H,12,16). The van der Waals surface area contributed by atoms with E-state index in [1.54, 1.807) is 0 Å². The maximum atomic E-state index is 11.6. The molecular formula is C10H11ClN2O4. The van der Waals surface area contributed by atoms with Crippen molar-refractivity contribution in [2.24, 2.45) is 0 Å². The van der Waals surface area contributed by atoms with Gasteiger partial charge < -0.3 is 10.4 Å². The molecule has 17 heavy (non-hydrogen) atoms. The van der Waals surface area contributed by atoms with E-state index in [2.05, 4.69) is 5.32 Å². The van der Waals surface area contributed by atoms with E-state index in [1.165, 1.54) is 18.2 Å². The summed E-state index contributed by atoms with van der Waals surface area (Å²) in [6.07, 6.45) is 0.230. The summed E-state index contributed by atoms with van der Waals surface area (Å²) in [5, 5.41) is 21.0. The smallest absolute Gasteiger partial charge is 0.252 e. The van der Waals surface area contributed by atoms with Gasteiger partial charge in [0.1, 0.15) is 5.75 Å². The van der Waals surface area contributed by atoms with Gasteiger partial charge in [0.15, 0.2) is 0 Å². The lowest BCUT2D eigenvalue weighted by molar-refractivity contribution is -0.149. The van der Waals surface area contributed by atoms with Crippen LogP contribution in [0.3, 0.4) is 0 Å². The average Bonchev–Trinajstić information content (AvgIpc) is 2.31. The number of nitrogens with one attached hydrogen (secondary N) is 1. The van der Waals surface area contributed by atoms with Crippen LogP contribution in [0.15, 0.2) is 18.2 Å². The van der Waals surface area contributed by atoms with Crippen molar-refractivity contribution < 1.29 is 19.9 Å². The zero-order valence-electron chi connectivity index (χ0n) is 8.76. The second kappa shape index (κ2) is 6.07. The van der Waals surface area contributed by atoms with Crippen molar-refractivity contribution in [3.63, 3.8) is 0 Å². The van der Waals surface area contributed by atoms with Crippen LogP contribution in [0, 0.1) is 0 Å². The molecule has 0 bridgehead atoms. The van der Waals surface area contributed by atoms with Gasteiger partial charge in [-0.25, -0.2) is 5.06 Å². The van der Waals surface area contributed by atoms with Gasteiger partial charge in [-0.2, -0.15) is 0 Å². The Balaban J connectivity index is 2.58. The summed E-state index contributed by atoms with van der Waals surface area (Å²) in [6.45, 7) is 0.0335. The van der Waals surface area contributed by atoms with Gasteiger partial charge in [0, 0.05) is 6.54 Å². The minimum Gasteiger partial charge on any atom is -0.508 e. The zero-order valence-corrected chi connectivity index (χ0v) is 9.52. The number of halogens is 1. The first-order valence-corrected chi connectivity index (χ1v) is 5.10. The molecule has 2 amide bonds. The van der Waals surface area contributed by atoms with Crippen molar-refractivity contribution in [3.8, 4) is 5.75 Å². The van der Waals surface area contributed by atoms with E-state index in [0.29, 0.717) is 5.06 Å². The van der Waals surface area contributed by atoms with Crippen LogP contribution in [-0.2, 0) is 4.79 Å². The number of benzene rings is 1. The quantitative estimate of drug-likeness (QED) is 0.410. The van der Waals surface area contributed by atoms with Gasteiger partial charge in [-0.15, -0.1) is 0 Å². The van der Waals surface area contributed by atoms with Gasteiger partial charge in [-0.3, -0.25) is 14.8 Å². The second-order valence-corrected chi connectivity index (χ2v) is 3.60. The molecule has 0 fully saturated rings. The van der Waals surface area contributed by atoms with Crippen molar-refractivity contribution in [2.75, 3.05) is 13.1 Å². The molecule has 0 saturated heterocycles. The Morgan fingerprint density at radius 2 is 2.24 bits per heavy atom. The number of amides is 2. The fraction of sp³-hybridized carbons (Fsp3) is 0.200. The largest absolute Gasteiger partial charge is 0.508 e. The third-order valence-electron chi connectivity index (χ3n) is 1.94. The van der Waals surface area contributed by atoms with Crippen molar-refractivity contribution >= 4 is 23.9 Å². The van der Waals surface area contributed by atoms with Crippen LogP contribution < -0.4 is 5.32 Å². The van der Waals surface area contributed by atoms with E-state index >= 15 is 0 Å². The number of hydrogen-bond donors (Lipinski definition) is 3. The number of hydrogen-bond acceptors (Lipinski definition) is 4. The molecule has 0 aromatic heterocycles. The molecule has 6 nitrogen and oxygen atoms in total. The predicted octanol–water partition coefficient (Wildman–Crippen LogP) is 0.623. The number of carbonyl (C=O) groups is 2. The highest BCUT2D eigenvalue weighted by molar-refractivity contribution is 6.33. The summed E-state index contributed by atoms with van der Waals surface area (Å²) in [4.78, 5) is 21.7. The highest BCUT2D eigenvalue weighted by Gasteiger charge is 2.10. The van der Waals surface area contributed by atoms with E-state index in [-0.39, 0.29) is 35.8 Å². The van der Waals surface area contributed by atoms with Crippen LogP contribution in [-0.4, -0.2) is 40.8 Å².